The van der Waals surface area contributed by atoms with Crippen LogP contribution < -0.4 is 5.32 Å². The lowest BCUT2D eigenvalue weighted by Crippen LogP contribution is -2.12. The Morgan fingerprint density at radius 2 is 1.86 bits per heavy atom. The number of hydrogen-bond acceptors (Lipinski definition) is 4. The van der Waals surface area contributed by atoms with Gasteiger partial charge in [-0.3, -0.25) is 4.79 Å². The Morgan fingerprint density at radius 1 is 1.07 bits per heavy atom. The first kappa shape index (κ1) is 19.6. The lowest BCUT2D eigenvalue weighted by molar-refractivity contribution is 0.0699. The number of halogens is 1. The third-order valence-corrected chi connectivity index (χ3v) is 6.88. The maximum Gasteiger partial charge on any atom is 0.339 e. The van der Waals surface area contributed by atoms with Gasteiger partial charge in [-0.15, -0.1) is 22.7 Å². The first-order valence-corrected chi connectivity index (χ1v) is 11.0. The number of anilines is 1. The summed E-state index contributed by atoms with van der Waals surface area (Å²) in [7, 11) is 0. The van der Waals surface area contributed by atoms with Crippen LogP contribution in [-0.4, -0.2) is 17.0 Å². The molecular formula is C22H16ClNO3S2. The van der Waals surface area contributed by atoms with Crippen molar-refractivity contribution in [1.29, 1.82) is 0 Å². The average molecular weight is 442 g/mol. The van der Waals surface area contributed by atoms with E-state index in [1.807, 2.05) is 6.07 Å². The number of amides is 1. The lowest BCUT2D eigenvalue weighted by Gasteiger charge is -2.06. The van der Waals surface area contributed by atoms with E-state index >= 15 is 0 Å². The molecule has 1 aliphatic carbocycles. The molecule has 2 aromatic heterocycles. The number of allylic oxidation sites excluding steroid dienone is 4. The maximum absolute atomic E-state index is 12.7. The van der Waals surface area contributed by atoms with Gasteiger partial charge in [-0.1, -0.05) is 42.0 Å². The SMILES string of the molecule is O=C(Nc1csc(-c2ccc(Cl)cc2)c1C(=O)O)c1ccc(C2=CCCC=C2)s1. The van der Waals surface area contributed by atoms with E-state index in [1.165, 1.54) is 22.7 Å². The number of thiophene rings is 2. The van der Waals surface area contributed by atoms with Gasteiger partial charge in [-0.2, -0.15) is 0 Å². The Hall–Kier alpha value is -2.67. The molecule has 1 aromatic carbocycles. The smallest absolute Gasteiger partial charge is 0.339 e. The Labute approximate surface area is 180 Å². The van der Waals surface area contributed by atoms with E-state index in [1.54, 1.807) is 35.7 Å². The first-order valence-electron chi connectivity index (χ1n) is 8.92. The fraction of sp³-hybridized carbons (Fsp3) is 0.0909. The molecule has 4 nitrogen and oxygen atoms in total. The molecule has 2 heterocycles. The summed E-state index contributed by atoms with van der Waals surface area (Å²) in [6.45, 7) is 0. The number of carbonyl (C=O) groups excluding carboxylic acids is 1. The second-order valence-corrected chi connectivity index (χ2v) is 8.82. The highest BCUT2D eigenvalue weighted by molar-refractivity contribution is 7.15. The molecule has 0 unspecified atom stereocenters. The van der Waals surface area contributed by atoms with Crippen molar-refractivity contribution in [3.8, 4) is 10.4 Å². The van der Waals surface area contributed by atoms with Gasteiger partial charge >= 0.3 is 5.97 Å². The van der Waals surface area contributed by atoms with E-state index in [-0.39, 0.29) is 11.5 Å². The third-order valence-electron chi connectivity index (χ3n) is 4.47. The van der Waals surface area contributed by atoms with E-state index < -0.39 is 5.97 Å². The van der Waals surface area contributed by atoms with Crippen LogP contribution in [0.15, 0.2) is 60.0 Å². The largest absolute Gasteiger partial charge is 0.478 e. The number of aromatic carboxylic acids is 1. The zero-order chi connectivity index (χ0) is 20.4. The van der Waals surface area contributed by atoms with Crippen molar-refractivity contribution < 1.29 is 14.7 Å². The number of rotatable bonds is 5. The zero-order valence-electron chi connectivity index (χ0n) is 15.1. The van der Waals surface area contributed by atoms with E-state index in [0.717, 1.165) is 28.9 Å². The predicted molar refractivity (Wildman–Crippen MR) is 120 cm³/mol. The van der Waals surface area contributed by atoms with Crippen LogP contribution in [0.4, 0.5) is 5.69 Å². The highest BCUT2D eigenvalue weighted by atomic mass is 35.5. The Bertz CT molecular complexity index is 1140. The van der Waals surface area contributed by atoms with E-state index in [9.17, 15) is 14.7 Å². The number of benzene rings is 1. The van der Waals surface area contributed by atoms with Crippen molar-refractivity contribution in [3.63, 3.8) is 0 Å². The fourth-order valence-electron chi connectivity index (χ4n) is 3.07. The minimum Gasteiger partial charge on any atom is -0.478 e. The van der Waals surface area contributed by atoms with Crippen LogP contribution in [0, 0.1) is 0 Å². The summed E-state index contributed by atoms with van der Waals surface area (Å²) in [6, 6.07) is 10.6. The summed E-state index contributed by atoms with van der Waals surface area (Å²) in [5, 5.41) is 14.7. The molecule has 0 atom stereocenters. The van der Waals surface area contributed by atoms with Crippen LogP contribution >= 0.6 is 34.3 Å². The molecule has 146 valence electrons. The van der Waals surface area contributed by atoms with Crippen molar-refractivity contribution in [1.82, 2.24) is 0 Å². The summed E-state index contributed by atoms with van der Waals surface area (Å²) < 4.78 is 0. The number of hydrogen-bond donors (Lipinski definition) is 2. The van der Waals surface area contributed by atoms with Gasteiger partial charge in [0.05, 0.1) is 15.4 Å². The summed E-state index contributed by atoms with van der Waals surface area (Å²) in [5.74, 6) is -1.40. The molecule has 0 saturated heterocycles. The highest BCUT2D eigenvalue weighted by Crippen LogP contribution is 2.37. The van der Waals surface area contributed by atoms with Crippen LogP contribution in [-0.2, 0) is 0 Å². The van der Waals surface area contributed by atoms with Gasteiger partial charge in [-0.05, 0) is 48.2 Å². The molecule has 0 aliphatic heterocycles. The maximum atomic E-state index is 12.7. The van der Waals surface area contributed by atoms with Crippen LogP contribution in [0.1, 0.15) is 37.7 Å². The molecule has 0 fully saturated rings. The van der Waals surface area contributed by atoms with Gasteiger partial charge in [0.1, 0.15) is 5.56 Å². The zero-order valence-corrected chi connectivity index (χ0v) is 17.5. The summed E-state index contributed by atoms with van der Waals surface area (Å²) in [4.78, 5) is 26.8. The van der Waals surface area contributed by atoms with Gasteiger partial charge in [0.2, 0.25) is 0 Å². The quantitative estimate of drug-likeness (QED) is 0.456. The summed E-state index contributed by atoms with van der Waals surface area (Å²) >= 11 is 8.60. The molecule has 0 saturated carbocycles. The monoisotopic (exact) mass is 441 g/mol. The number of carboxylic acids is 1. The second kappa shape index (κ2) is 8.37. The number of carbonyl (C=O) groups is 2. The number of carboxylic acid groups (broad SMARTS) is 1. The van der Waals surface area contributed by atoms with Crippen LogP contribution in [0.5, 0.6) is 0 Å². The molecule has 1 aliphatic rings. The minimum absolute atomic E-state index is 0.0837. The standard InChI is InChI=1S/C22H16ClNO3S2/c23-15-8-6-14(7-9-15)20-19(22(26)27)16(12-28-20)24-21(25)18-11-10-17(29-18)13-4-2-1-3-5-13/h2,4-12H,1,3H2,(H,24,25)(H,26,27). The molecule has 0 spiro atoms. The van der Waals surface area contributed by atoms with Crippen LogP contribution in [0.25, 0.3) is 16.0 Å². The highest BCUT2D eigenvalue weighted by Gasteiger charge is 2.22. The number of nitrogens with one attached hydrogen (secondary N) is 1. The molecule has 7 heteroatoms. The van der Waals surface area contributed by atoms with Gasteiger partial charge in [-0.25, -0.2) is 4.79 Å². The average Bonchev–Trinajstić information content (AvgIpc) is 3.37. The van der Waals surface area contributed by atoms with Gasteiger partial charge < -0.3 is 10.4 Å². The summed E-state index contributed by atoms with van der Waals surface area (Å²) in [6.07, 6.45) is 8.38. The normalized spacial score (nSPS) is 13.2. The topological polar surface area (TPSA) is 66.4 Å². The molecular weight excluding hydrogens is 426 g/mol. The van der Waals surface area contributed by atoms with Gasteiger partial charge in [0.15, 0.2) is 0 Å². The lowest BCUT2D eigenvalue weighted by atomic mass is 10.1. The Morgan fingerprint density at radius 3 is 2.55 bits per heavy atom. The van der Waals surface area contributed by atoms with Crippen molar-refractivity contribution in [2.45, 2.75) is 12.8 Å². The molecule has 0 bridgehead atoms. The molecule has 4 rings (SSSR count). The molecule has 2 N–H and O–H groups in total. The van der Waals surface area contributed by atoms with E-state index in [0.29, 0.717) is 20.5 Å². The second-order valence-electron chi connectivity index (χ2n) is 6.42. The third kappa shape index (κ3) is 4.19. The molecule has 29 heavy (non-hydrogen) atoms. The Balaban J connectivity index is 1.59. The van der Waals surface area contributed by atoms with Gasteiger partial charge in [0, 0.05) is 15.3 Å². The van der Waals surface area contributed by atoms with Crippen LogP contribution in [0.3, 0.4) is 0 Å². The fourth-order valence-corrected chi connectivity index (χ4v) is 5.12. The van der Waals surface area contributed by atoms with E-state index in [2.05, 4.69) is 23.5 Å². The van der Waals surface area contributed by atoms with Crippen molar-refractivity contribution in [2.75, 3.05) is 5.32 Å². The van der Waals surface area contributed by atoms with Crippen LogP contribution in [0.2, 0.25) is 5.02 Å². The minimum atomic E-state index is -1.09. The van der Waals surface area contributed by atoms with Crippen molar-refractivity contribution in [3.05, 3.63) is 80.3 Å². The van der Waals surface area contributed by atoms with E-state index in [4.69, 9.17) is 11.6 Å². The van der Waals surface area contributed by atoms with Crippen molar-refractivity contribution in [2.24, 2.45) is 0 Å². The predicted octanol–water partition coefficient (Wildman–Crippen LogP) is 6.81. The Kier molecular flexibility index (Phi) is 5.67. The van der Waals surface area contributed by atoms with Crippen molar-refractivity contribution >= 4 is 57.4 Å². The van der Waals surface area contributed by atoms with Gasteiger partial charge in [0.25, 0.3) is 5.91 Å². The molecule has 3 aromatic rings. The molecule has 0 radical (unpaired) electrons. The summed E-state index contributed by atoms with van der Waals surface area (Å²) in [5.41, 5.74) is 2.24. The molecule has 1 amide bonds. The first-order chi connectivity index (χ1) is 14.0.